The van der Waals surface area contributed by atoms with E-state index in [0.717, 1.165) is 6.42 Å². The van der Waals surface area contributed by atoms with E-state index in [1.54, 1.807) is 0 Å². The largest absolute Gasteiger partial charge is 0.548 e. The number of hydrogen-bond acceptors (Lipinski definition) is 3. The first kappa shape index (κ1) is 6.64. The zero-order valence-corrected chi connectivity index (χ0v) is 5.95. The second-order valence-electron chi connectivity index (χ2n) is 3.07. The van der Waals surface area contributed by atoms with E-state index in [-0.39, 0.29) is 11.9 Å². The summed E-state index contributed by atoms with van der Waals surface area (Å²) in [6.07, 6.45) is 1.92. The first-order chi connectivity index (χ1) is 5.20. The van der Waals surface area contributed by atoms with E-state index in [9.17, 15) is 14.7 Å². The smallest absolute Gasteiger partial charge is 0.225 e. The van der Waals surface area contributed by atoms with Gasteiger partial charge in [-0.15, -0.1) is 0 Å². The highest BCUT2D eigenvalue weighted by Gasteiger charge is 2.45. The van der Waals surface area contributed by atoms with Crippen LogP contribution in [-0.2, 0) is 9.59 Å². The van der Waals surface area contributed by atoms with E-state index >= 15 is 0 Å². The fourth-order valence-corrected chi connectivity index (χ4v) is 1.89. The van der Waals surface area contributed by atoms with Gasteiger partial charge in [-0.2, -0.15) is 0 Å². The van der Waals surface area contributed by atoms with Gasteiger partial charge in [-0.3, -0.25) is 4.79 Å². The molecular formula is C7H8NO3-. The summed E-state index contributed by atoms with van der Waals surface area (Å²) in [6.45, 7) is 0. The zero-order chi connectivity index (χ0) is 8.01. The second-order valence-corrected chi connectivity index (χ2v) is 3.07. The average molecular weight is 154 g/mol. The molecular weight excluding hydrogens is 146 g/mol. The molecule has 2 atom stereocenters. The first-order valence-electron chi connectivity index (χ1n) is 3.72. The molecule has 2 aliphatic rings. The molecule has 2 heterocycles. The lowest BCUT2D eigenvalue weighted by Gasteiger charge is -2.38. The van der Waals surface area contributed by atoms with Gasteiger partial charge in [0.15, 0.2) is 0 Å². The molecule has 4 heteroatoms. The van der Waals surface area contributed by atoms with Crippen LogP contribution in [0.3, 0.4) is 0 Å². The van der Waals surface area contributed by atoms with E-state index in [1.165, 1.54) is 4.90 Å². The average Bonchev–Trinajstić information content (AvgIpc) is 2.25. The van der Waals surface area contributed by atoms with Crippen LogP contribution in [0.25, 0.3) is 0 Å². The molecule has 60 valence electrons. The summed E-state index contributed by atoms with van der Waals surface area (Å²) in [5.41, 5.74) is 0. The molecule has 0 saturated carbocycles. The molecule has 2 fully saturated rings. The molecule has 0 N–H and O–H groups in total. The summed E-state index contributed by atoms with van der Waals surface area (Å²) in [5, 5.41) is 10.4. The number of amides is 1. The quantitative estimate of drug-likeness (QED) is 0.432. The fourth-order valence-electron chi connectivity index (χ4n) is 1.89. The van der Waals surface area contributed by atoms with Gasteiger partial charge in [0.1, 0.15) is 0 Å². The number of rotatable bonds is 1. The number of carbonyl (C=O) groups is 2. The molecule has 0 unspecified atom stereocenters. The fraction of sp³-hybridized carbons (Fsp3) is 0.714. The number of aliphatic carboxylic acids is 1. The molecule has 2 rings (SSSR count). The molecule has 0 aromatic rings. The van der Waals surface area contributed by atoms with Crippen LogP contribution in [0.2, 0.25) is 0 Å². The summed E-state index contributed by atoms with van der Waals surface area (Å²) in [5.74, 6) is -1.15. The Labute approximate surface area is 63.8 Å². The highest BCUT2D eigenvalue weighted by Crippen LogP contribution is 2.34. The van der Waals surface area contributed by atoms with Crippen molar-refractivity contribution in [2.45, 2.75) is 31.3 Å². The molecule has 11 heavy (non-hydrogen) atoms. The maximum absolute atomic E-state index is 10.9. The number of hydrogen-bond donors (Lipinski definition) is 0. The highest BCUT2D eigenvalue weighted by atomic mass is 16.4. The Kier molecular flexibility index (Phi) is 1.19. The van der Waals surface area contributed by atoms with Crippen molar-refractivity contribution >= 4 is 11.9 Å². The van der Waals surface area contributed by atoms with E-state index in [0.29, 0.717) is 12.8 Å². The number of β-lactam (4-membered cyclic amide) rings is 1. The van der Waals surface area contributed by atoms with Crippen molar-refractivity contribution in [3.05, 3.63) is 0 Å². The molecule has 2 saturated heterocycles. The number of fused-ring (bicyclic) bond motifs is 1. The van der Waals surface area contributed by atoms with Gasteiger partial charge in [0, 0.05) is 12.5 Å². The predicted octanol–water partition coefficient (Wildman–Crippen LogP) is -1.50. The molecule has 1 amide bonds. The van der Waals surface area contributed by atoms with Crippen molar-refractivity contribution in [2.24, 2.45) is 0 Å². The SMILES string of the molecule is O=C([O-])[C@@H]1CC[C@H]2CC(=O)N21. The predicted molar refractivity (Wildman–Crippen MR) is 33.3 cm³/mol. The van der Waals surface area contributed by atoms with Gasteiger partial charge in [0.25, 0.3) is 0 Å². The summed E-state index contributed by atoms with van der Waals surface area (Å²) in [4.78, 5) is 22.7. The van der Waals surface area contributed by atoms with Crippen molar-refractivity contribution in [1.82, 2.24) is 4.90 Å². The molecule has 0 aromatic carbocycles. The van der Waals surface area contributed by atoms with Crippen molar-refractivity contribution in [3.8, 4) is 0 Å². The monoisotopic (exact) mass is 154 g/mol. The Morgan fingerprint density at radius 1 is 1.55 bits per heavy atom. The van der Waals surface area contributed by atoms with Crippen molar-refractivity contribution in [2.75, 3.05) is 0 Å². The van der Waals surface area contributed by atoms with E-state index in [1.807, 2.05) is 0 Å². The Morgan fingerprint density at radius 2 is 2.27 bits per heavy atom. The molecule has 0 aliphatic carbocycles. The first-order valence-corrected chi connectivity index (χ1v) is 3.72. The second kappa shape index (κ2) is 1.96. The lowest BCUT2D eigenvalue weighted by atomic mass is 10.0. The minimum Gasteiger partial charge on any atom is -0.548 e. The summed E-state index contributed by atoms with van der Waals surface area (Å²) in [7, 11) is 0. The third-order valence-corrected chi connectivity index (χ3v) is 2.47. The van der Waals surface area contributed by atoms with Gasteiger partial charge in [0.05, 0.1) is 12.0 Å². The molecule has 2 aliphatic heterocycles. The van der Waals surface area contributed by atoms with Gasteiger partial charge in [0.2, 0.25) is 5.91 Å². The van der Waals surface area contributed by atoms with Gasteiger partial charge in [-0.1, -0.05) is 0 Å². The van der Waals surface area contributed by atoms with Gasteiger partial charge in [-0.05, 0) is 12.8 Å². The normalized spacial score (nSPS) is 34.9. The minimum atomic E-state index is -1.11. The maximum atomic E-state index is 10.9. The van der Waals surface area contributed by atoms with Crippen molar-refractivity contribution in [3.63, 3.8) is 0 Å². The van der Waals surface area contributed by atoms with E-state index < -0.39 is 12.0 Å². The molecule has 4 nitrogen and oxygen atoms in total. The lowest BCUT2D eigenvalue weighted by Crippen LogP contribution is -2.57. The van der Waals surface area contributed by atoms with Crippen LogP contribution >= 0.6 is 0 Å². The summed E-state index contributed by atoms with van der Waals surface area (Å²) >= 11 is 0. The third kappa shape index (κ3) is 0.751. The number of nitrogens with zero attached hydrogens (tertiary/aromatic N) is 1. The van der Waals surface area contributed by atoms with Crippen LogP contribution in [0.15, 0.2) is 0 Å². The van der Waals surface area contributed by atoms with E-state index in [2.05, 4.69) is 0 Å². The minimum absolute atomic E-state index is 0.0401. The number of carboxylic acid groups (broad SMARTS) is 1. The lowest BCUT2D eigenvalue weighted by molar-refractivity contribution is -0.311. The van der Waals surface area contributed by atoms with Crippen LogP contribution in [0.4, 0.5) is 0 Å². The third-order valence-electron chi connectivity index (χ3n) is 2.47. The standard InChI is InChI=1S/C7H9NO3/c9-6-3-4-1-2-5(7(10)11)8(4)6/h4-5H,1-3H2,(H,10,11)/p-1/t4-,5-/m0/s1. The summed E-state index contributed by atoms with van der Waals surface area (Å²) in [6, 6.07) is -0.438. The molecule has 0 aromatic heterocycles. The Balaban J connectivity index is 2.14. The van der Waals surface area contributed by atoms with Crippen molar-refractivity contribution < 1.29 is 14.7 Å². The molecule has 0 bridgehead atoms. The number of carboxylic acids is 1. The zero-order valence-electron chi connectivity index (χ0n) is 5.95. The van der Waals surface area contributed by atoms with Crippen LogP contribution in [0, 0.1) is 0 Å². The Bertz CT molecular complexity index is 218. The maximum Gasteiger partial charge on any atom is 0.225 e. The van der Waals surface area contributed by atoms with Gasteiger partial charge >= 0.3 is 0 Å². The van der Waals surface area contributed by atoms with Crippen LogP contribution in [0.5, 0.6) is 0 Å². The highest BCUT2D eigenvalue weighted by molar-refractivity contribution is 5.89. The topological polar surface area (TPSA) is 60.4 Å². The van der Waals surface area contributed by atoms with E-state index in [4.69, 9.17) is 0 Å². The van der Waals surface area contributed by atoms with Gasteiger partial charge < -0.3 is 14.8 Å². The Hall–Kier alpha value is -1.06. The Morgan fingerprint density at radius 3 is 2.73 bits per heavy atom. The van der Waals surface area contributed by atoms with Crippen LogP contribution in [0.1, 0.15) is 19.3 Å². The molecule has 0 radical (unpaired) electrons. The van der Waals surface area contributed by atoms with Crippen molar-refractivity contribution in [1.29, 1.82) is 0 Å². The van der Waals surface area contributed by atoms with Gasteiger partial charge in [-0.25, -0.2) is 0 Å². The number of carbonyl (C=O) groups excluding carboxylic acids is 2. The van der Waals surface area contributed by atoms with Crippen LogP contribution < -0.4 is 5.11 Å². The summed E-state index contributed by atoms with van der Waals surface area (Å²) < 4.78 is 0. The molecule has 0 spiro atoms. The van der Waals surface area contributed by atoms with Crippen LogP contribution in [-0.4, -0.2) is 28.9 Å².